The van der Waals surface area contributed by atoms with E-state index in [2.05, 4.69) is 15.8 Å². The van der Waals surface area contributed by atoms with Gasteiger partial charge in [0.05, 0.1) is 12.2 Å². The Morgan fingerprint density at radius 3 is 2.38 bits per heavy atom. The van der Waals surface area contributed by atoms with E-state index in [0.717, 1.165) is 32.8 Å². The molecule has 3 aromatic carbocycles. The maximum atomic E-state index is 9.63. The number of pyridine rings is 1. The maximum Gasteiger partial charge on any atom is 0.199 e. The van der Waals surface area contributed by atoms with Crippen molar-refractivity contribution < 1.29 is 5.11 Å². The van der Waals surface area contributed by atoms with Crippen LogP contribution in [0.2, 0.25) is 5.02 Å². The number of aromatic nitrogens is 1. The van der Waals surface area contributed by atoms with Gasteiger partial charge >= 0.3 is 0 Å². The number of nitrogens with one attached hydrogen (secondary N) is 1. The number of halogens is 1. The molecule has 4 rings (SSSR count). The molecule has 0 spiro atoms. The van der Waals surface area contributed by atoms with Crippen LogP contribution in [0.4, 0.5) is 0 Å². The fraction of sp³-hybridized carbons (Fsp3) is 0.0400. The number of hydrogen-bond donors (Lipinski definition) is 3. The predicted octanol–water partition coefficient (Wildman–Crippen LogP) is 5.89. The van der Waals surface area contributed by atoms with E-state index >= 15 is 0 Å². The van der Waals surface area contributed by atoms with Crippen LogP contribution in [-0.4, -0.2) is 16.1 Å². The Kier molecular flexibility index (Phi) is 6.94. The SMILES string of the molecule is NC(=NCc1cnc(-c2ccc(O)cc2)c(-c2ccc(Cl)cc2)c1)NSc1ccccc1. The Bertz CT molecular complexity index is 1210. The van der Waals surface area contributed by atoms with Crippen molar-refractivity contribution in [1.29, 1.82) is 0 Å². The van der Waals surface area contributed by atoms with Crippen LogP contribution in [0.3, 0.4) is 0 Å². The Morgan fingerprint density at radius 1 is 0.969 bits per heavy atom. The number of aromatic hydroxyl groups is 1. The summed E-state index contributed by atoms with van der Waals surface area (Å²) in [6.45, 7) is 0.387. The Morgan fingerprint density at radius 2 is 1.66 bits per heavy atom. The summed E-state index contributed by atoms with van der Waals surface area (Å²) >= 11 is 7.49. The lowest BCUT2D eigenvalue weighted by molar-refractivity contribution is 0.475. The zero-order valence-electron chi connectivity index (χ0n) is 17.1. The molecular formula is C25H21ClN4OS. The van der Waals surface area contributed by atoms with Crippen molar-refractivity contribution in [2.75, 3.05) is 0 Å². The van der Waals surface area contributed by atoms with Crippen LogP contribution >= 0.6 is 23.5 Å². The molecule has 1 aromatic heterocycles. The first-order valence-corrected chi connectivity index (χ1v) is 11.1. The average molecular weight is 461 g/mol. The smallest absolute Gasteiger partial charge is 0.199 e. The number of phenolic OH excluding ortho intramolecular Hbond substituents is 1. The summed E-state index contributed by atoms with van der Waals surface area (Å²) in [4.78, 5) is 10.2. The van der Waals surface area contributed by atoms with Gasteiger partial charge in [-0.05, 0) is 77.7 Å². The molecule has 0 saturated carbocycles. The lowest BCUT2D eigenvalue weighted by atomic mass is 9.98. The van der Waals surface area contributed by atoms with E-state index in [0.29, 0.717) is 17.5 Å². The van der Waals surface area contributed by atoms with Gasteiger partial charge in [-0.3, -0.25) is 9.71 Å². The van der Waals surface area contributed by atoms with E-state index in [1.54, 1.807) is 18.3 Å². The minimum Gasteiger partial charge on any atom is -0.508 e. The van der Waals surface area contributed by atoms with Crippen molar-refractivity contribution in [3.63, 3.8) is 0 Å². The first-order valence-electron chi connectivity index (χ1n) is 9.90. The summed E-state index contributed by atoms with van der Waals surface area (Å²) in [7, 11) is 0. The number of phenols is 1. The van der Waals surface area contributed by atoms with Crippen LogP contribution in [0.5, 0.6) is 5.75 Å². The van der Waals surface area contributed by atoms with Crippen LogP contribution in [0.15, 0.2) is 101 Å². The van der Waals surface area contributed by atoms with Crippen molar-refractivity contribution in [3.8, 4) is 28.1 Å². The van der Waals surface area contributed by atoms with E-state index in [1.807, 2.05) is 66.7 Å². The number of nitrogens with two attached hydrogens (primary N) is 1. The van der Waals surface area contributed by atoms with Crippen LogP contribution in [-0.2, 0) is 6.54 Å². The third kappa shape index (κ3) is 5.60. The number of hydrogen-bond acceptors (Lipinski definition) is 4. The van der Waals surface area contributed by atoms with Crippen LogP contribution in [0.1, 0.15) is 5.56 Å². The molecule has 160 valence electrons. The minimum absolute atomic E-state index is 0.212. The molecule has 4 N–H and O–H groups in total. The van der Waals surface area contributed by atoms with Gasteiger partial charge in [0, 0.05) is 27.2 Å². The monoisotopic (exact) mass is 460 g/mol. The van der Waals surface area contributed by atoms with Gasteiger partial charge in [0.15, 0.2) is 5.96 Å². The van der Waals surface area contributed by atoms with Gasteiger partial charge in [-0.1, -0.05) is 41.9 Å². The normalized spacial score (nSPS) is 11.3. The van der Waals surface area contributed by atoms with Crippen molar-refractivity contribution in [2.24, 2.45) is 10.7 Å². The van der Waals surface area contributed by atoms with Crippen LogP contribution in [0, 0.1) is 0 Å². The Labute approximate surface area is 196 Å². The van der Waals surface area contributed by atoms with E-state index < -0.39 is 0 Å². The molecule has 0 fully saturated rings. The summed E-state index contributed by atoms with van der Waals surface area (Å²) in [5, 5.41) is 10.3. The first kappa shape index (κ1) is 21.7. The predicted molar refractivity (Wildman–Crippen MR) is 133 cm³/mol. The van der Waals surface area contributed by atoms with Crippen LogP contribution in [0.25, 0.3) is 22.4 Å². The quantitative estimate of drug-likeness (QED) is 0.190. The summed E-state index contributed by atoms with van der Waals surface area (Å²) in [5.41, 5.74) is 10.6. The molecule has 0 aliphatic carbocycles. The number of benzene rings is 3. The molecule has 32 heavy (non-hydrogen) atoms. The van der Waals surface area contributed by atoms with E-state index in [1.165, 1.54) is 11.9 Å². The zero-order valence-corrected chi connectivity index (χ0v) is 18.6. The summed E-state index contributed by atoms with van der Waals surface area (Å²) in [5.74, 6) is 0.554. The molecule has 0 radical (unpaired) electrons. The zero-order chi connectivity index (χ0) is 22.3. The summed E-state index contributed by atoms with van der Waals surface area (Å²) in [6.07, 6.45) is 1.79. The molecule has 0 bridgehead atoms. The first-order chi connectivity index (χ1) is 15.6. The molecule has 0 aliphatic rings. The van der Waals surface area contributed by atoms with Gasteiger partial charge in [-0.15, -0.1) is 0 Å². The molecule has 0 amide bonds. The molecule has 0 aliphatic heterocycles. The molecule has 5 nitrogen and oxygen atoms in total. The number of rotatable bonds is 6. The van der Waals surface area contributed by atoms with Crippen molar-refractivity contribution >= 4 is 29.5 Å². The highest BCUT2D eigenvalue weighted by Gasteiger charge is 2.11. The lowest BCUT2D eigenvalue weighted by Crippen LogP contribution is -2.25. The minimum atomic E-state index is 0.212. The Balaban J connectivity index is 1.58. The molecule has 7 heteroatoms. The third-order valence-corrected chi connectivity index (χ3v) is 5.76. The lowest BCUT2D eigenvalue weighted by Gasteiger charge is -2.12. The van der Waals surface area contributed by atoms with Crippen molar-refractivity contribution in [3.05, 3.63) is 102 Å². The molecule has 0 unspecified atom stereocenters. The second-order valence-corrected chi connectivity index (χ2v) is 8.33. The average Bonchev–Trinajstić information content (AvgIpc) is 2.83. The van der Waals surface area contributed by atoms with Gasteiger partial charge in [-0.25, -0.2) is 4.99 Å². The number of nitrogens with zero attached hydrogens (tertiary/aromatic N) is 2. The highest BCUT2D eigenvalue weighted by atomic mass is 35.5. The fourth-order valence-corrected chi connectivity index (χ4v) is 3.81. The largest absolute Gasteiger partial charge is 0.508 e. The fourth-order valence-electron chi connectivity index (χ4n) is 3.10. The third-order valence-electron chi connectivity index (χ3n) is 4.69. The van der Waals surface area contributed by atoms with Gasteiger partial charge in [0.1, 0.15) is 5.75 Å². The standard InChI is InChI=1S/C25H21ClN4OS/c26-20-10-6-18(7-11-20)23-14-17(15-28-24(23)19-8-12-21(31)13-9-19)16-29-25(27)30-32-22-4-2-1-3-5-22/h1-15,31H,16H2,(H3,27,29,30). The van der Waals surface area contributed by atoms with Crippen LogP contribution < -0.4 is 10.5 Å². The molecule has 0 atom stereocenters. The van der Waals surface area contributed by atoms with Crippen molar-refractivity contribution in [2.45, 2.75) is 11.4 Å². The maximum absolute atomic E-state index is 9.63. The second kappa shape index (κ2) is 10.2. The second-order valence-electron chi connectivity index (χ2n) is 7.01. The van der Waals surface area contributed by atoms with Gasteiger partial charge in [-0.2, -0.15) is 0 Å². The molecule has 4 aromatic rings. The Hall–Kier alpha value is -3.48. The highest BCUT2D eigenvalue weighted by molar-refractivity contribution is 7.98. The topological polar surface area (TPSA) is 83.5 Å². The van der Waals surface area contributed by atoms with Gasteiger partial charge < -0.3 is 10.8 Å². The van der Waals surface area contributed by atoms with Gasteiger partial charge in [0.25, 0.3) is 0 Å². The number of aliphatic imine (C=N–C) groups is 1. The highest BCUT2D eigenvalue weighted by Crippen LogP contribution is 2.32. The summed E-state index contributed by atoms with van der Waals surface area (Å²) in [6, 6.07) is 26.6. The van der Waals surface area contributed by atoms with E-state index in [-0.39, 0.29) is 5.75 Å². The van der Waals surface area contributed by atoms with Gasteiger partial charge in [0.2, 0.25) is 0 Å². The van der Waals surface area contributed by atoms with E-state index in [9.17, 15) is 5.11 Å². The molecule has 0 saturated heterocycles. The van der Waals surface area contributed by atoms with Crippen molar-refractivity contribution in [1.82, 2.24) is 9.71 Å². The van der Waals surface area contributed by atoms with E-state index in [4.69, 9.17) is 22.3 Å². The molecular weight excluding hydrogens is 440 g/mol. The number of guanidine groups is 1. The summed E-state index contributed by atoms with van der Waals surface area (Å²) < 4.78 is 3.05. The molecule has 1 heterocycles.